The number of carboxylic acids is 1. The van der Waals surface area contributed by atoms with Crippen LogP contribution in [0.3, 0.4) is 0 Å². The quantitative estimate of drug-likeness (QED) is 0.390. The first-order valence-electron chi connectivity index (χ1n) is 11.0. The molecule has 0 saturated heterocycles. The van der Waals surface area contributed by atoms with Crippen molar-refractivity contribution >= 4 is 28.2 Å². The Bertz CT molecular complexity index is 1620. The third kappa shape index (κ3) is 3.42. The molecule has 1 atom stereocenters. The molecule has 5 rings (SSSR count). The summed E-state index contributed by atoms with van der Waals surface area (Å²) in [6.45, 7) is 3.90. The van der Waals surface area contributed by atoms with Crippen LogP contribution in [0.15, 0.2) is 77.7 Å². The lowest BCUT2D eigenvalue weighted by atomic mass is 10.00. The van der Waals surface area contributed by atoms with E-state index in [2.05, 4.69) is 10.4 Å². The summed E-state index contributed by atoms with van der Waals surface area (Å²) in [5.74, 6) is -1.000. The molecule has 0 amide bonds. The van der Waals surface area contributed by atoms with Crippen LogP contribution in [-0.4, -0.2) is 25.3 Å². The second-order valence-corrected chi connectivity index (χ2v) is 8.49. The molecule has 170 valence electrons. The highest BCUT2D eigenvalue weighted by molar-refractivity contribution is 5.94. The summed E-state index contributed by atoms with van der Waals surface area (Å²) in [4.78, 5) is 25.2. The molecule has 0 spiro atoms. The Balaban J connectivity index is 1.76. The van der Waals surface area contributed by atoms with E-state index < -0.39 is 5.97 Å². The molecule has 34 heavy (non-hydrogen) atoms. The first-order chi connectivity index (χ1) is 16.4. The Labute approximate surface area is 195 Å². The van der Waals surface area contributed by atoms with E-state index >= 15 is 0 Å². The third-order valence-electron chi connectivity index (χ3n) is 6.17. The number of nitrogens with one attached hydrogen (secondary N) is 1. The van der Waals surface area contributed by atoms with Crippen LogP contribution in [0.2, 0.25) is 0 Å². The van der Waals surface area contributed by atoms with Crippen LogP contribution in [0.1, 0.15) is 34.5 Å². The van der Waals surface area contributed by atoms with Crippen molar-refractivity contribution in [2.45, 2.75) is 19.9 Å². The highest BCUT2D eigenvalue weighted by Gasteiger charge is 2.21. The van der Waals surface area contributed by atoms with Gasteiger partial charge in [0.2, 0.25) is 0 Å². The third-order valence-corrected chi connectivity index (χ3v) is 6.17. The minimum atomic E-state index is -1.000. The lowest BCUT2D eigenvalue weighted by molar-refractivity contribution is 0.0698. The Kier molecular flexibility index (Phi) is 5.17. The summed E-state index contributed by atoms with van der Waals surface area (Å²) in [5.41, 5.74) is 5.65. The second-order valence-electron chi connectivity index (χ2n) is 8.49. The zero-order valence-electron chi connectivity index (χ0n) is 19.1. The second kappa shape index (κ2) is 8.19. The van der Waals surface area contributed by atoms with E-state index in [1.54, 1.807) is 42.1 Å². The molecule has 0 bridgehead atoms. The summed E-state index contributed by atoms with van der Waals surface area (Å²) < 4.78 is 3.45. The van der Waals surface area contributed by atoms with Crippen LogP contribution in [0, 0.1) is 6.92 Å². The highest BCUT2D eigenvalue weighted by Crippen LogP contribution is 2.31. The number of carboxylic acid groups (broad SMARTS) is 1. The predicted molar refractivity (Wildman–Crippen MR) is 134 cm³/mol. The van der Waals surface area contributed by atoms with Gasteiger partial charge < -0.3 is 10.4 Å². The number of carbonyl (C=O) groups is 1. The van der Waals surface area contributed by atoms with Crippen molar-refractivity contribution in [2.75, 3.05) is 5.32 Å². The molecule has 0 saturated carbocycles. The average molecular weight is 453 g/mol. The van der Waals surface area contributed by atoms with Crippen molar-refractivity contribution in [1.82, 2.24) is 14.2 Å². The maximum Gasteiger partial charge on any atom is 0.337 e. The molecule has 1 unspecified atom stereocenters. The van der Waals surface area contributed by atoms with Crippen molar-refractivity contribution < 1.29 is 9.90 Å². The smallest absolute Gasteiger partial charge is 0.337 e. The van der Waals surface area contributed by atoms with E-state index in [1.807, 2.05) is 60.8 Å². The summed E-state index contributed by atoms with van der Waals surface area (Å²) in [7, 11) is 1.76. The summed E-state index contributed by atoms with van der Waals surface area (Å²) >= 11 is 0. The number of fused-ring (bicyclic) bond motifs is 3. The fourth-order valence-electron chi connectivity index (χ4n) is 4.57. The van der Waals surface area contributed by atoms with E-state index in [0.717, 1.165) is 22.3 Å². The van der Waals surface area contributed by atoms with Gasteiger partial charge >= 0.3 is 5.97 Å². The number of rotatable bonds is 5. The average Bonchev–Trinajstić information content (AvgIpc) is 3.28. The number of anilines is 1. The minimum Gasteiger partial charge on any atom is -0.478 e. The monoisotopic (exact) mass is 452 g/mol. The zero-order valence-corrected chi connectivity index (χ0v) is 19.1. The number of hydrogen-bond acceptors (Lipinski definition) is 4. The molecule has 0 aliphatic carbocycles. The molecular weight excluding hydrogens is 428 g/mol. The molecule has 0 radical (unpaired) electrons. The fourth-order valence-corrected chi connectivity index (χ4v) is 4.57. The highest BCUT2D eigenvalue weighted by atomic mass is 16.4. The van der Waals surface area contributed by atoms with Gasteiger partial charge in [0, 0.05) is 23.9 Å². The summed E-state index contributed by atoms with van der Waals surface area (Å²) in [6, 6.07) is 20.3. The first kappa shape index (κ1) is 21.5. The molecule has 3 aromatic carbocycles. The van der Waals surface area contributed by atoms with Gasteiger partial charge in [-0.1, -0.05) is 48.5 Å². The van der Waals surface area contributed by atoms with Crippen molar-refractivity contribution in [2.24, 2.45) is 7.05 Å². The number of para-hydroxylation sites is 1. The molecule has 0 fully saturated rings. The molecule has 0 aliphatic heterocycles. The van der Waals surface area contributed by atoms with E-state index in [9.17, 15) is 14.7 Å². The molecule has 2 heterocycles. The van der Waals surface area contributed by atoms with Gasteiger partial charge in [0.15, 0.2) is 0 Å². The number of aryl methyl sites for hydroxylation is 2. The van der Waals surface area contributed by atoms with Crippen molar-refractivity contribution in [1.29, 1.82) is 0 Å². The lowest BCUT2D eigenvalue weighted by Gasteiger charge is -2.20. The van der Waals surface area contributed by atoms with Crippen molar-refractivity contribution in [3.05, 3.63) is 100.0 Å². The van der Waals surface area contributed by atoms with Crippen LogP contribution in [0.4, 0.5) is 5.69 Å². The molecule has 2 aromatic heterocycles. The van der Waals surface area contributed by atoms with Gasteiger partial charge in [0.05, 0.1) is 28.7 Å². The number of aromatic nitrogens is 3. The Morgan fingerprint density at radius 2 is 1.76 bits per heavy atom. The van der Waals surface area contributed by atoms with Gasteiger partial charge in [0.1, 0.15) is 5.65 Å². The lowest BCUT2D eigenvalue weighted by Crippen LogP contribution is -2.22. The Morgan fingerprint density at radius 1 is 1.06 bits per heavy atom. The molecular formula is C27H24N4O3. The van der Waals surface area contributed by atoms with E-state index in [1.165, 1.54) is 0 Å². The first-order valence-corrected chi connectivity index (χ1v) is 11.0. The van der Waals surface area contributed by atoms with Gasteiger partial charge in [-0.05, 0) is 43.2 Å². The number of benzene rings is 3. The predicted octanol–water partition coefficient (Wildman–Crippen LogP) is 5.03. The van der Waals surface area contributed by atoms with Crippen molar-refractivity contribution in [3.63, 3.8) is 0 Å². The number of aromatic carboxylic acids is 1. The van der Waals surface area contributed by atoms with Gasteiger partial charge in [-0.3, -0.25) is 9.36 Å². The molecule has 5 aromatic rings. The SMILES string of the molecule is Cc1cc(C(C)Nc2ccccc2C(=O)O)c2c(c1)c(=O)n(C)c1c(-c3ccccc3)cnn21. The zero-order chi connectivity index (χ0) is 24.0. The van der Waals surface area contributed by atoms with Crippen LogP contribution in [-0.2, 0) is 7.05 Å². The molecule has 2 N–H and O–H groups in total. The summed E-state index contributed by atoms with van der Waals surface area (Å²) in [6.07, 6.45) is 1.78. The van der Waals surface area contributed by atoms with Gasteiger partial charge in [-0.15, -0.1) is 0 Å². The number of hydrogen-bond donors (Lipinski definition) is 2. The Hall–Kier alpha value is -4.39. The van der Waals surface area contributed by atoms with Crippen LogP contribution >= 0.6 is 0 Å². The van der Waals surface area contributed by atoms with Crippen LogP contribution in [0.25, 0.3) is 27.7 Å². The summed E-state index contributed by atoms with van der Waals surface area (Å²) in [5, 5.41) is 18.2. The van der Waals surface area contributed by atoms with Gasteiger partial charge in [0.25, 0.3) is 5.56 Å². The van der Waals surface area contributed by atoms with Gasteiger partial charge in [-0.25, -0.2) is 9.31 Å². The largest absolute Gasteiger partial charge is 0.478 e. The minimum absolute atomic E-state index is 0.108. The van der Waals surface area contributed by atoms with Crippen LogP contribution in [0.5, 0.6) is 0 Å². The fraction of sp³-hybridized carbons (Fsp3) is 0.148. The van der Waals surface area contributed by atoms with E-state index in [-0.39, 0.29) is 17.2 Å². The standard InChI is InChI=1S/C27H24N4O3/c1-16-13-20(17(2)29-23-12-8-7-11-19(23)27(33)34)24-21(14-16)26(32)30(3)25-22(15-28-31(24)25)18-9-5-4-6-10-18/h4-15,17,29H,1-3H3,(H,33,34). The van der Waals surface area contributed by atoms with E-state index in [0.29, 0.717) is 22.2 Å². The molecule has 7 heteroatoms. The molecule has 0 aliphatic rings. The van der Waals surface area contributed by atoms with Gasteiger partial charge in [-0.2, -0.15) is 5.10 Å². The molecule has 7 nitrogen and oxygen atoms in total. The van der Waals surface area contributed by atoms with Crippen molar-refractivity contribution in [3.8, 4) is 11.1 Å². The number of nitrogens with zero attached hydrogens (tertiary/aromatic N) is 3. The Morgan fingerprint density at radius 3 is 2.50 bits per heavy atom. The normalized spacial score (nSPS) is 12.2. The van der Waals surface area contributed by atoms with Crippen LogP contribution < -0.4 is 10.9 Å². The topological polar surface area (TPSA) is 88.6 Å². The maximum atomic E-state index is 13.5. The van der Waals surface area contributed by atoms with E-state index in [4.69, 9.17) is 0 Å². The maximum absolute atomic E-state index is 13.5.